The molecule has 1 heterocycles. The summed E-state index contributed by atoms with van der Waals surface area (Å²) in [5.41, 5.74) is 11.0. The van der Waals surface area contributed by atoms with Gasteiger partial charge in [0.05, 0.1) is 24.0 Å². The van der Waals surface area contributed by atoms with Crippen LogP contribution < -0.4 is 16.4 Å². The Bertz CT molecular complexity index is 526. The Kier molecular flexibility index (Phi) is 4.07. The summed E-state index contributed by atoms with van der Waals surface area (Å²) in [6.07, 6.45) is 5.37. The van der Waals surface area contributed by atoms with Gasteiger partial charge in [-0.2, -0.15) is 0 Å². The van der Waals surface area contributed by atoms with E-state index < -0.39 is 11.9 Å². The van der Waals surface area contributed by atoms with Crippen LogP contribution in [0.3, 0.4) is 0 Å². The van der Waals surface area contributed by atoms with E-state index in [0.717, 1.165) is 25.7 Å². The minimum atomic E-state index is -1.11. The fraction of sp³-hybridized carbons (Fsp3) is 0.462. The lowest BCUT2D eigenvalue weighted by Crippen LogP contribution is -2.40. The fourth-order valence-electron chi connectivity index (χ4n) is 2.58. The normalized spacial score (nSPS) is 15.2. The van der Waals surface area contributed by atoms with Gasteiger partial charge in [0.25, 0.3) is 0 Å². The van der Waals surface area contributed by atoms with Gasteiger partial charge < -0.3 is 21.5 Å². The summed E-state index contributed by atoms with van der Waals surface area (Å²) in [4.78, 5) is 28.3. The average molecular weight is 278 g/mol. The molecule has 7 nitrogen and oxygen atoms in total. The third-order valence-corrected chi connectivity index (χ3v) is 3.54. The van der Waals surface area contributed by atoms with Crippen molar-refractivity contribution in [2.45, 2.75) is 31.7 Å². The molecule has 1 aliphatic rings. The summed E-state index contributed by atoms with van der Waals surface area (Å²) >= 11 is 0. The second kappa shape index (κ2) is 5.77. The molecule has 0 unspecified atom stereocenters. The molecule has 1 aromatic rings. The number of carbonyl (C=O) groups excluding carboxylic acids is 1. The van der Waals surface area contributed by atoms with Crippen LogP contribution in [0, 0.1) is 0 Å². The van der Waals surface area contributed by atoms with E-state index in [1.165, 1.54) is 12.3 Å². The second-order valence-electron chi connectivity index (χ2n) is 4.97. The van der Waals surface area contributed by atoms with Crippen LogP contribution in [0.25, 0.3) is 0 Å². The predicted octanol–water partition coefficient (Wildman–Crippen LogP) is 0.596. The summed E-state index contributed by atoms with van der Waals surface area (Å²) in [5.74, 6) is -1.15. The number of carbonyl (C=O) groups is 2. The number of nitrogens with zero attached hydrogens (tertiary/aromatic N) is 2. The largest absolute Gasteiger partial charge is 0.478 e. The Morgan fingerprint density at radius 1 is 1.40 bits per heavy atom. The molecule has 7 heteroatoms. The van der Waals surface area contributed by atoms with Gasteiger partial charge in [-0.05, 0) is 18.9 Å². The third kappa shape index (κ3) is 2.98. The third-order valence-electron chi connectivity index (χ3n) is 3.54. The van der Waals surface area contributed by atoms with Gasteiger partial charge in [0.1, 0.15) is 5.82 Å². The Morgan fingerprint density at radius 3 is 2.60 bits per heavy atom. The monoisotopic (exact) mass is 278 g/mol. The van der Waals surface area contributed by atoms with E-state index in [0.29, 0.717) is 5.82 Å². The van der Waals surface area contributed by atoms with Gasteiger partial charge in [-0.15, -0.1) is 0 Å². The molecule has 0 spiro atoms. The highest BCUT2D eigenvalue weighted by Gasteiger charge is 2.26. The number of hydrogen-bond donors (Lipinski definition) is 3. The van der Waals surface area contributed by atoms with E-state index in [-0.39, 0.29) is 23.8 Å². The average Bonchev–Trinajstić information content (AvgIpc) is 2.90. The highest BCUT2D eigenvalue weighted by molar-refractivity contribution is 5.94. The molecule has 5 N–H and O–H groups in total. The van der Waals surface area contributed by atoms with E-state index in [9.17, 15) is 9.59 Å². The first kappa shape index (κ1) is 14.1. The van der Waals surface area contributed by atoms with Gasteiger partial charge in [0.15, 0.2) is 0 Å². The molecule has 20 heavy (non-hydrogen) atoms. The molecule has 0 aliphatic heterocycles. The first-order chi connectivity index (χ1) is 9.49. The highest BCUT2D eigenvalue weighted by Crippen LogP contribution is 2.28. The number of rotatable bonds is 5. The van der Waals surface area contributed by atoms with Gasteiger partial charge in [-0.1, -0.05) is 12.8 Å². The molecule has 1 saturated carbocycles. The molecule has 2 rings (SSSR count). The first-order valence-electron chi connectivity index (χ1n) is 6.53. The lowest BCUT2D eigenvalue weighted by Gasteiger charge is -2.29. The van der Waals surface area contributed by atoms with Crippen LogP contribution >= 0.6 is 0 Å². The first-order valence-corrected chi connectivity index (χ1v) is 6.53. The Labute approximate surface area is 116 Å². The van der Waals surface area contributed by atoms with Crippen molar-refractivity contribution >= 4 is 23.4 Å². The fourth-order valence-corrected chi connectivity index (χ4v) is 2.58. The lowest BCUT2D eigenvalue weighted by molar-refractivity contribution is -0.116. The van der Waals surface area contributed by atoms with Crippen LogP contribution in [0.4, 0.5) is 11.5 Å². The molecule has 0 atom stereocenters. The van der Waals surface area contributed by atoms with Crippen molar-refractivity contribution in [3.63, 3.8) is 0 Å². The number of nitrogen functional groups attached to an aromatic ring is 1. The summed E-state index contributed by atoms with van der Waals surface area (Å²) in [7, 11) is 0. The van der Waals surface area contributed by atoms with Crippen LogP contribution in [-0.2, 0) is 4.79 Å². The Hall–Kier alpha value is -2.31. The van der Waals surface area contributed by atoms with Gasteiger partial charge in [-0.3, -0.25) is 4.79 Å². The summed E-state index contributed by atoms with van der Waals surface area (Å²) in [5, 5.41) is 9.10. The van der Waals surface area contributed by atoms with Crippen molar-refractivity contribution in [2.75, 3.05) is 17.2 Å². The minimum Gasteiger partial charge on any atom is -0.478 e. The van der Waals surface area contributed by atoms with Crippen LogP contribution in [0.2, 0.25) is 0 Å². The molecule has 0 saturated heterocycles. The smallest absolute Gasteiger partial charge is 0.337 e. The number of primary amides is 1. The van der Waals surface area contributed by atoms with Crippen molar-refractivity contribution < 1.29 is 14.7 Å². The topological polar surface area (TPSA) is 123 Å². The van der Waals surface area contributed by atoms with Gasteiger partial charge >= 0.3 is 5.97 Å². The van der Waals surface area contributed by atoms with Gasteiger partial charge in [0, 0.05) is 6.04 Å². The number of carboxylic acid groups (broad SMARTS) is 1. The van der Waals surface area contributed by atoms with Crippen molar-refractivity contribution in [1.82, 2.24) is 4.98 Å². The van der Waals surface area contributed by atoms with Crippen LogP contribution in [0.1, 0.15) is 36.0 Å². The second-order valence-corrected chi connectivity index (χ2v) is 4.97. The van der Waals surface area contributed by atoms with Crippen LogP contribution in [-0.4, -0.2) is 34.6 Å². The molecular formula is C13H18N4O3. The van der Waals surface area contributed by atoms with Crippen molar-refractivity contribution in [3.05, 3.63) is 17.8 Å². The number of hydrogen-bond acceptors (Lipinski definition) is 5. The zero-order valence-corrected chi connectivity index (χ0v) is 11.1. The number of anilines is 2. The molecule has 1 aliphatic carbocycles. The highest BCUT2D eigenvalue weighted by atomic mass is 16.4. The number of aromatic nitrogens is 1. The molecule has 0 aromatic carbocycles. The Morgan fingerprint density at radius 2 is 2.05 bits per heavy atom. The summed E-state index contributed by atoms with van der Waals surface area (Å²) in [6, 6.07) is 1.57. The van der Waals surface area contributed by atoms with Crippen LogP contribution in [0.5, 0.6) is 0 Å². The molecule has 0 bridgehead atoms. The maximum atomic E-state index is 11.2. The molecule has 108 valence electrons. The SMILES string of the molecule is NC(=O)CN(c1cc(C(=O)O)c(N)cn1)C1CCCC1. The quantitative estimate of drug-likeness (QED) is 0.724. The van der Waals surface area contributed by atoms with Gasteiger partial charge in [-0.25, -0.2) is 9.78 Å². The summed E-state index contributed by atoms with van der Waals surface area (Å²) in [6.45, 7) is 0.0284. The molecule has 1 fully saturated rings. The lowest BCUT2D eigenvalue weighted by atomic mass is 10.1. The number of aromatic carboxylic acids is 1. The van der Waals surface area contributed by atoms with E-state index in [1.54, 1.807) is 4.90 Å². The molecular weight excluding hydrogens is 260 g/mol. The zero-order valence-electron chi connectivity index (χ0n) is 11.1. The van der Waals surface area contributed by atoms with E-state index in [4.69, 9.17) is 16.6 Å². The Balaban J connectivity index is 2.34. The molecule has 1 aromatic heterocycles. The van der Waals surface area contributed by atoms with E-state index >= 15 is 0 Å². The van der Waals surface area contributed by atoms with Crippen molar-refractivity contribution in [2.24, 2.45) is 5.73 Å². The molecule has 1 amide bonds. The summed E-state index contributed by atoms with van der Waals surface area (Å²) < 4.78 is 0. The van der Waals surface area contributed by atoms with Gasteiger partial charge in [0.2, 0.25) is 5.91 Å². The maximum Gasteiger partial charge on any atom is 0.337 e. The maximum absolute atomic E-state index is 11.2. The number of carboxylic acids is 1. The zero-order chi connectivity index (χ0) is 14.7. The molecule has 0 radical (unpaired) electrons. The predicted molar refractivity (Wildman–Crippen MR) is 74.4 cm³/mol. The van der Waals surface area contributed by atoms with Crippen molar-refractivity contribution in [1.29, 1.82) is 0 Å². The standard InChI is InChI=1S/C13H18N4O3/c14-10-6-16-12(5-9(10)13(19)20)17(7-11(15)18)8-3-1-2-4-8/h5-6,8H,1-4,7,14H2,(H2,15,18)(H,19,20). The van der Waals surface area contributed by atoms with E-state index in [1.807, 2.05) is 0 Å². The van der Waals surface area contributed by atoms with E-state index in [2.05, 4.69) is 4.98 Å². The number of amides is 1. The van der Waals surface area contributed by atoms with Crippen molar-refractivity contribution in [3.8, 4) is 0 Å². The van der Waals surface area contributed by atoms with Crippen LogP contribution in [0.15, 0.2) is 12.3 Å². The minimum absolute atomic E-state index is 0.0116. The number of nitrogens with two attached hydrogens (primary N) is 2. The number of pyridine rings is 1.